The summed E-state index contributed by atoms with van der Waals surface area (Å²) in [7, 11) is -26.1. The molecule has 3 aliphatic heterocycles. The molecule has 374 valence electrons. The van der Waals surface area contributed by atoms with E-state index in [2.05, 4.69) is 6.58 Å². The van der Waals surface area contributed by atoms with Crippen LogP contribution >= 0.6 is 12.9 Å². The van der Waals surface area contributed by atoms with Gasteiger partial charge in [-0.1, -0.05) is 96.5 Å². The van der Waals surface area contributed by atoms with Crippen molar-refractivity contribution < 1.29 is 59.3 Å². The molecule has 7 saturated carbocycles. The Morgan fingerprint density at radius 3 is 1.09 bits per heavy atom. The second-order valence-electron chi connectivity index (χ2n) is 21.8. The van der Waals surface area contributed by atoms with E-state index in [0.717, 1.165) is 180 Å². The molecule has 7 unspecified atom stereocenters. The van der Waals surface area contributed by atoms with E-state index in [4.69, 9.17) is 67.4 Å². The second-order valence-corrected chi connectivity index (χ2v) is 44.7. The molecule has 0 aromatic heterocycles. The molecule has 0 aromatic rings. The van der Waals surface area contributed by atoms with Crippen LogP contribution in [0.1, 0.15) is 200 Å². The molecular formula is C44H80O14SSi7. The lowest BCUT2D eigenvalue weighted by atomic mass is 10.3. The highest BCUT2D eigenvalue weighted by Crippen LogP contribution is 2.63. The zero-order chi connectivity index (χ0) is 45.5. The Morgan fingerprint density at radius 1 is 0.455 bits per heavy atom. The predicted molar refractivity (Wildman–Crippen MR) is 264 cm³/mol. The number of rotatable bonds is 16. The summed E-state index contributed by atoms with van der Waals surface area (Å²) in [4.78, 5) is 12.4. The van der Waals surface area contributed by atoms with Crippen LogP contribution in [0.2, 0.25) is 38.8 Å². The maximum atomic E-state index is 12.4. The van der Waals surface area contributed by atoms with E-state index < -0.39 is 61.6 Å². The average molecular weight is 1060 g/mol. The maximum absolute atomic E-state index is 12.4. The summed E-state index contributed by atoms with van der Waals surface area (Å²) in [6.45, 7) is 6.09. The Kier molecular flexibility index (Phi) is 15.8. The third kappa shape index (κ3) is 9.53. The molecule has 10 rings (SSSR count). The van der Waals surface area contributed by atoms with Crippen molar-refractivity contribution in [3.63, 3.8) is 0 Å². The van der Waals surface area contributed by atoms with Gasteiger partial charge in [-0.05, 0) is 123 Å². The van der Waals surface area contributed by atoms with Crippen LogP contribution in [0.5, 0.6) is 0 Å². The van der Waals surface area contributed by atoms with Crippen molar-refractivity contribution in [2.45, 2.75) is 238 Å². The highest BCUT2D eigenvalue weighted by molar-refractivity contribution is 7.76. The zero-order valence-electron chi connectivity index (χ0n) is 40.0. The predicted octanol–water partition coefficient (Wildman–Crippen LogP) is 11.8. The molecule has 0 spiro atoms. The van der Waals surface area contributed by atoms with E-state index in [9.17, 15) is 4.79 Å². The minimum atomic E-state index is -4.08. The van der Waals surface area contributed by atoms with Crippen LogP contribution in [-0.4, -0.2) is 87.9 Å². The maximum Gasteiger partial charge on any atom is 0.500 e. The summed E-state index contributed by atoms with van der Waals surface area (Å²) in [5.74, 6) is -0.374. The molecule has 22 heteroatoms. The highest BCUT2D eigenvalue weighted by atomic mass is 32.1. The van der Waals surface area contributed by atoms with Crippen LogP contribution in [0, 0.1) is 0 Å². The van der Waals surface area contributed by atoms with Crippen molar-refractivity contribution in [2.75, 3.05) is 20.3 Å². The molecule has 0 N–H and O–H groups in total. The first-order valence-electron chi connectivity index (χ1n) is 26.7. The lowest BCUT2D eigenvalue weighted by Crippen LogP contribution is -2.85. The number of ether oxygens (including phenoxy) is 1. The van der Waals surface area contributed by atoms with Crippen LogP contribution in [0.4, 0.5) is 0 Å². The third-order valence-electron chi connectivity index (χ3n) is 17.4. The summed E-state index contributed by atoms with van der Waals surface area (Å²) >= 11 is 4.91. The Bertz CT molecular complexity index is 1620. The Balaban J connectivity index is 1.21. The van der Waals surface area contributed by atoms with Crippen LogP contribution in [-0.2, 0) is 59.3 Å². The molecule has 7 aliphatic carbocycles. The average Bonchev–Trinajstić information content (AvgIpc) is 4.17. The SMILES string of the molecule is C=C(C)C(=O)OCCCCO[Si]1(C2CCCC2)O[Si]2(C3CCCC3)O[Si](OC)(C3CCCC3)O[Si]3(C4CCCC4)O[Si](OS)(C4CCCC4)O[Si](C4CCCC4)(O1)O[Si](C1CCCC1)(O3)O2. The number of esters is 1. The molecule has 10 aliphatic rings. The van der Waals surface area contributed by atoms with Crippen molar-refractivity contribution in [3.05, 3.63) is 12.2 Å². The van der Waals surface area contributed by atoms with E-state index >= 15 is 0 Å². The molecule has 0 amide bonds. The molecule has 0 radical (unpaired) electrons. The van der Waals surface area contributed by atoms with Crippen molar-refractivity contribution in [1.29, 1.82) is 0 Å². The fraction of sp³-hybridized carbons (Fsp3) is 0.932. The van der Waals surface area contributed by atoms with Gasteiger partial charge >= 0.3 is 67.6 Å². The molecular weight excluding hydrogens is 981 g/mol. The molecule has 14 nitrogen and oxygen atoms in total. The molecule has 3 heterocycles. The van der Waals surface area contributed by atoms with E-state index in [1.54, 1.807) is 6.92 Å². The summed E-state index contributed by atoms with van der Waals surface area (Å²) < 4.78 is 102. The zero-order valence-corrected chi connectivity index (χ0v) is 47.9. The van der Waals surface area contributed by atoms with Gasteiger partial charge in [-0.25, -0.2) is 4.79 Å². The van der Waals surface area contributed by atoms with Crippen LogP contribution in [0.15, 0.2) is 12.2 Å². The quantitative estimate of drug-likeness (QED) is 0.0392. The van der Waals surface area contributed by atoms with Gasteiger partial charge < -0.3 is 54.5 Å². The molecule has 66 heavy (non-hydrogen) atoms. The topological polar surface area (TPSA) is 137 Å². The molecule has 0 aromatic carbocycles. The largest absolute Gasteiger partial charge is 0.500 e. The van der Waals surface area contributed by atoms with Crippen LogP contribution in [0.3, 0.4) is 0 Å². The van der Waals surface area contributed by atoms with Gasteiger partial charge in [0.25, 0.3) is 0 Å². The molecule has 10 fully saturated rings. The van der Waals surface area contributed by atoms with Gasteiger partial charge in [0, 0.05) is 58.1 Å². The molecule has 4 bridgehead atoms. The summed E-state index contributed by atoms with van der Waals surface area (Å²) in [5, 5.41) is 0. The van der Waals surface area contributed by atoms with Gasteiger partial charge in [-0.3, -0.25) is 0 Å². The summed E-state index contributed by atoms with van der Waals surface area (Å²) in [6.07, 6.45) is 28.9. The number of carbonyl (C=O) groups excluding carboxylic acids is 1. The van der Waals surface area contributed by atoms with E-state index in [1.165, 1.54) is 0 Å². The number of thiol groups is 1. The first-order valence-corrected chi connectivity index (χ1v) is 39.7. The van der Waals surface area contributed by atoms with E-state index in [-0.39, 0.29) is 51.4 Å². The van der Waals surface area contributed by atoms with Crippen molar-refractivity contribution in [1.82, 2.24) is 0 Å². The number of hydrogen-bond donors (Lipinski definition) is 1. The standard InChI is InChI=1S/C44H80O14SSi7/c1-36(2)44(45)47-34-18-19-35-48-61(38-22-6-7-23-38)52-63(40-26-10-11-27-40)50-60(46-3,37-20-4-5-21-37)51-64(41-28-12-13-29-41)54-62(49-59,39-24-8-9-25-39)55-65(53-61,42-30-14-15-31-42)58-66(56-63,57-64)43-32-16-17-33-43/h37-43,59H,1,4-35H2,2-3H3. The first-order chi connectivity index (χ1) is 32.0. The van der Waals surface area contributed by atoms with Gasteiger partial charge in [-0.2, -0.15) is 0 Å². The summed E-state index contributed by atoms with van der Waals surface area (Å²) in [5.41, 5.74) is 0.270. The van der Waals surface area contributed by atoms with Crippen LogP contribution in [0.25, 0.3) is 0 Å². The smallest absolute Gasteiger partial charge is 0.462 e. The number of hydrogen-bond acceptors (Lipinski definition) is 15. The van der Waals surface area contributed by atoms with E-state index in [0.29, 0.717) is 25.0 Å². The van der Waals surface area contributed by atoms with E-state index in [1.807, 2.05) is 7.11 Å². The van der Waals surface area contributed by atoms with Gasteiger partial charge in [0.2, 0.25) is 0 Å². The Labute approximate surface area is 408 Å². The number of carbonyl (C=O) groups is 1. The third-order valence-corrected chi connectivity index (χ3v) is 51.1. The van der Waals surface area contributed by atoms with Crippen molar-refractivity contribution in [3.8, 4) is 0 Å². The Hall–Kier alpha value is 0.598. The van der Waals surface area contributed by atoms with Crippen molar-refractivity contribution >= 4 is 80.5 Å². The van der Waals surface area contributed by atoms with Gasteiger partial charge in [0.1, 0.15) is 0 Å². The second kappa shape index (κ2) is 20.8. The Morgan fingerprint density at radius 2 is 0.742 bits per heavy atom. The normalized spacial score (nSPS) is 41.7. The fourth-order valence-electron chi connectivity index (χ4n) is 13.8. The molecule has 3 saturated heterocycles. The van der Waals surface area contributed by atoms with Crippen molar-refractivity contribution in [2.24, 2.45) is 0 Å². The highest BCUT2D eigenvalue weighted by Gasteiger charge is 2.84. The minimum Gasteiger partial charge on any atom is -0.462 e. The lowest BCUT2D eigenvalue weighted by Gasteiger charge is -2.62. The number of unbranched alkanes of at least 4 members (excludes halogenated alkanes) is 1. The lowest BCUT2D eigenvalue weighted by molar-refractivity contribution is -0.139. The van der Waals surface area contributed by atoms with Gasteiger partial charge in [0.15, 0.2) is 0 Å². The monoisotopic (exact) mass is 1060 g/mol. The molecule has 7 atom stereocenters. The van der Waals surface area contributed by atoms with Gasteiger partial charge in [-0.15, -0.1) is 0 Å². The fourth-order valence-corrected chi connectivity index (χ4v) is 59.7. The van der Waals surface area contributed by atoms with Gasteiger partial charge in [0.05, 0.1) is 6.61 Å². The first kappa shape index (κ1) is 50.1. The summed E-state index contributed by atoms with van der Waals surface area (Å²) in [6, 6.07) is 0. The minimum absolute atomic E-state index is 0.0110. The van der Waals surface area contributed by atoms with Crippen LogP contribution < -0.4 is 0 Å². The number of fused-ring (bicyclic) bond motifs is 3.